The van der Waals surface area contributed by atoms with Gasteiger partial charge in [-0.2, -0.15) is 0 Å². The Morgan fingerprint density at radius 1 is 0.952 bits per heavy atom. The van der Waals surface area contributed by atoms with Gasteiger partial charge in [0.1, 0.15) is 31.0 Å². The molecule has 0 N–H and O–H groups in total. The molecule has 0 fully saturated rings. The summed E-state index contributed by atoms with van der Waals surface area (Å²) in [6.45, 7) is 4.99. The fourth-order valence-electron chi connectivity index (χ4n) is 1.95. The Bertz CT molecular complexity index is 597. The van der Waals surface area contributed by atoms with Crippen molar-refractivity contribution >= 4 is 22.2 Å². The van der Waals surface area contributed by atoms with Gasteiger partial charge in [-0.15, -0.1) is 0 Å². The monoisotopic (exact) mass is 348 g/mol. The molecule has 0 aliphatic carbocycles. The maximum Gasteiger partial charge on any atom is 0.150 e. The van der Waals surface area contributed by atoms with E-state index in [1.54, 1.807) is 24.3 Å². The fraction of sp³-hybridized carbons (Fsp3) is 0.235. The van der Waals surface area contributed by atoms with Crippen LogP contribution in [0.15, 0.2) is 40.9 Å². The van der Waals surface area contributed by atoms with Crippen LogP contribution < -0.4 is 9.47 Å². The highest BCUT2D eigenvalue weighted by Crippen LogP contribution is 2.26. The van der Waals surface area contributed by atoms with Gasteiger partial charge in [-0.05, 0) is 61.4 Å². The number of aldehydes is 1. The van der Waals surface area contributed by atoms with Crippen LogP contribution in [0.3, 0.4) is 0 Å². The van der Waals surface area contributed by atoms with Crippen LogP contribution in [-0.4, -0.2) is 19.5 Å². The Kier molecular flexibility index (Phi) is 5.39. The molecule has 0 heterocycles. The number of hydrogen-bond donors (Lipinski definition) is 0. The Labute approximate surface area is 133 Å². The second-order valence-electron chi connectivity index (χ2n) is 4.75. The normalized spacial score (nSPS) is 10.2. The third-order valence-electron chi connectivity index (χ3n) is 3.05. The first kappa shape index (κ1) is 15.6. The second kappa shape index (κ2) is 7.27. The minimum atomic E-state index is 0.453. The van der Waals surface area contributed by atoms with Crippen molar-refractivity contribution in [3.63, 3.8) is 0 Å². The molecule has 2 aromatic carbocycles. The second-order valence-corrected chi connectivity index (χ2v) is 5.55. The van der Waals surface area contributed by atoms with E-state index in [-0.39, 0.29) is 0 Å². The van der Waals surface area contributed by atoms with Gasteiger partial charge in [0.05, 0.1) is 0 Å². The molecule has 21 heavy (non-hydrogen) atoms. The van der Waals surface area contributed by atoms with Crippen LogP contribution >= 0.6 is 15.9 Å². The summed E-state index contributed by atoms with van der Waals surface area (Å²) < 4.78 is 12.4. The highest BCUT2D eigenvalue weighted by atomic mass is 79.9. The molecule has 0 spiro atoms. The highest BCUT2D eigenvalue weighted by molar-refractivity contribution is 9.10. The number of aryl methyl sites for hydroxylation is 2. The van der Waals surface area contributed by atoms with Crippen LogP contribution in [0.4, 0.5) is 0 Å². The number of halogens is 1. The number of rotatable bonds is 6. The van der Waals surface area contributed by atoms with Crippen LogP contribution in [0.5, 0.6) is 11.5 Å². The molecule has 0 aliphatic heterocycles. The number of carbonyl (C=O) groups is 1. The average Bonchev–Trinajstić information content (AvgIpc) is 2.49. The SMILES string of the molecule is Cc1cc(OCCOc2ccc(C=O)cc2)cc(C)c1Br. The van der Waals surface area contributed by atoms with Crippen molar-refractivity contribution in [2.75, 3.05) is 13.2 Å². The predicted octanol–water partition coefficient (Wildman–Crippen LogP) is 4.34. The zero-order valence-corrected chi connectivity index (χ0v) is 13.6. The molecule has 0 atom stereocenters. The summed E-state index contributed by atoms with van der Waals surface area (Å²) in [6.07, 6.45) is 0.811. The topological polar surface area (TPSA) is 35.5 Å². The van der Waals surface area contributed by atoms with Crippen LogP contribution in [0, 0.1) is 13.8 Å². The molecular weight excluding hydrogens is 332 g/mol. The van der Waals surface area contributed by atoms with Crippen molar-refractivity contribution < 1.29 is 14.3 Å². The molecule has 0 radical (unpaired) electrons. The van der Waals surface area contributed by atoms with Crippen molar-refractivity contribution in [3.05, 3.63) is 57.6 Å². The number of benzene rings is 2. The number of ether oxygens (including phenoxy) is 2. The lowest BCUT2D eigenvalue weighted by Gasteiger charge is -2.11. The quantitative estimate of drug-likeness (QED) is 0.575. The molecule has 110 valence electrons. The van der Waals surface area contributed by atoms with E-state index >= 15 is 0 Å². The Balaban J connectivity index is 1.83. The zero-order valence-electron chi connectivity index (χ0n) is 12.1. The standard InChI is InChI=1S/C17H17BrO3/c1-12-9-16(10-13(2)17(12)18)21-8-7-20-15-5-3-14(11-19)4-6-15/h3-6,9-11H,7-8H2,1-2H3. The van der Waals surface area contributed by atoms with E-state index in [9.17, 15) is 4.79 Å². The fourth-order valence-corrected chi connectivity index (χ4v) is 2.18. The summed E-state index contributed by atoms with van der Waals surface area (Å²) in [4.78, 5) is 10.5. The summed E-state index contributed by atoms with van der Waals surface area (Å²) in [5, 5.41) is 0. The maximum atomic E-state index is 10.5. The molecule has 0 saturated carbocycles. The van der Waals surface area contributed by atoms with Crippen LogP contribution in [-0.2, 0) is 0 Å². The van der Waals surface area contributed by atoms with Crippen molar-refractivity contribution in [2.45, 2.75) is 13.8 Å². The predicted molar refractivity (Wildman–Crippen MR) is 86.4 cm³/mol. The Hall–Kier alpha value is -1.81. The first-order valence-corrected chi connectivity index (χ1v) is 7.47. The van der Waals surface area contributed by atoms with E-state index < -0.39 is 0 Å². The molecular formula is C17H17BrO3. The number of carbonyl (C=O) groups excluding carboxylic acids is 1. The van der Waals surface area contributed by atoms with Crippen LogP contribution in [0.25, 0.3) is 0 Å². The van der Waals surface area contributed by atoms with Crippen molar-refractivity contribution in [1.82, 2.24) is 0 Å². The maximum absolute atomic E-state index is 10.5. The zero-order chi connectivity index (χ0) is 15.2. The lowest BCUT2D eigenvalue weighted by atomic mass is 10.1. The van der Waals surface area contributed by atoms with E-state index in [2.05, 4.69) is 15.9 Å². The molecule has 0 amide bonds. The van der Waals surface area contributed by atoms with Gasteiger partial charge < -0.3 is 9.47 Å². The van der Waals surface area contributed by atoms with Gasteiger partial charge in [0.2, 0.25) is 0 Å². The molecule has 0 aromatic heterocycles. The lowest BCUT2D eigenvalue weighted by molar-refractivity contribution is 0.112. The molecule has 4 heteroatoms. The molecule has 0 aliphatic rings. The molecule has 0 bridgehead atoms. The van der Waals surface area contributed by atoms with Gasteiger partial charge in [-0.25, -0.2) is 0 Å². The number of hydrogen-bond acceptors (Lipinski definition) is 3. The molecule has 3 nitrogen and oxygen atoms in total. The van der Waals surface area contributed by atoms with E-state index in [0.29, 0.717) is 18.8 Å². The van der Waals surface area contributed by atoms with Crippen LogP contribution in [0.1, 0.15) is 21.5 Å². The Morgan fingerprint density at radius 3 is 2.00 bits per heavy atom. The molecule has 2 rings (SSSR count). The van der Waals surface area contributed by atoms with Gasteiger partial charge in [0, 0.05) is 10.0 Å². The smallest absolute Gasteiger partial charge is 0.150 e. The average molecular weight is 349 g/mol. The van der Waals surface area contributed by atoms with E-state index in [0.717, 1.165) is 33.4 Å². The van der Waals surface area contributed by atoms with Crippen molar-refractivity contribution in [1.29, 1.82) is 0 Å². The van der Waals surface area contributed by atoms with Gasteiger partial charge in [-0.1, -0.05) is 15.9 Å². The highest BCUT2D eigenvalue weighted by Gasteiger charge is 2.03. The van der Waals surface area contributed by atoms with Crippen molar-refractivity contribution in [3.8, 4) is 11.5 Å². The van der Waals surface area contributed by atoms with Crippen molar-refractivity contribution in [2.24, 2.45) is 0 Å². The van der Waals surface area contributed by atoms with Gasteiger partial charge in [0.15, 0.2) is 0 Å². The van der Waals surface area contributed by atoms with E-state index in [4.69, 9.17) is 9.47 Å². The van der Waals surface area contributed by atoms with E-state index in [1.165, 1.54) is 0 Å². The summed E-state index contributed by atoms with van der Waals surface area (Å²) in [5.74, 6) is 1.57. The molecule has 2 aromatic rings. The third kappa shape index (κ3) is 4.33. The molecule has 0 unspecified atom stereocenters. The minimum Gasteiger partial charge on any atom is -0.490 e. The third-order valence-corrected chi connectivity index (χ3v) is 4.30. The van der Waals surface area contributed by atoms with Gasteiger partial charge >= 0.3 is 0 Å². The summed E-state index contributed by atoms with van der Waals surface area (Å²) >= 11 is 3.53. The van der Waals surface area contributed by atoms with Crippen LogP contribution in [0.2, 0.25) is 0 Å². The minimum absolute atomic E-state index is 0.453. The van der Waals surface area contributed by atoms with E-state index in [1.807, 2.05) is 26.0 Å². The largest absolute Gasteiger partial charge is 0.490 e. The van der Waals surface area contributed by atoms with Gasteiger partial charge in [-0.3, -0.25) is 4.79 Å². The first-order valence-electron chi connectivity index (χ1n) is 6.68. The summed E-state index contributed by atoms with van der Waals surface area (Å²) in [7, 11) is 0. The summed E-state index contributed by atoms with van der Waals surface area (Å²) in [5.41, 5.74) is 2.94. The summed E-state index contributed by atoms with van der Waals surface area (Å²) in [6, 6.07) is 11.0. The lowest BCUT2D eigenvalue weighted by Crippen LogP contribution is -2.09. The van der Waals surface area contributed by atoms with Gasteiger partial charge in [0.25, 0.3) is 0 Å². The molecule has 0 saturated heterocycles. The first-order chi connectivity index (χ1) is 10.1. The Morgan fingerprint density at radius 2 is 1.48 bits per heavy atom.